The number of aromatic nitrogens is 2. The molecule has 0 aliphatic carbocycles. The lowest BCUT2D eigenvalue weighted by atomic mass is 10.2. The van der Waals surface area contributed by atoms with E-state index in [1.54, 1.807) is 18.2 Å². The highest BCUT2D eigenvalue weighted by atomic mass is 32.2. The maximum atomic E-state index is 12.5. The first-order chi connectivity index (χ1) is 11.4. The molecule has 24 heavy (non-hydrogen) atoms. The third-order valence-corrected chi connectivity index (χ3v) is 4.70. The molecule has 0 spiro atoms. The van der Waals surface area contributed by atoms with Gasteiger partial charge in [0.25, 0.3) is 5.91 Å². The Hall–Kier alpha value is -2.81. The van der Waals surface area contributed by atoms with Gasteiger partial charge in [-0.05, 0) is 36.4 Å². The van der Waals surface area contributed by atoms with Crippen LogP contribution in [0.2, 0.25) is 0 Å². The molecule has 3 rings (SSSR count). The molecule has 1 heterocycles. The van der Waals surface area contributed by atoms with Crippen molar-refractivity contribution in [1.82, 2.24) is 9.97 Å². The van der Waals surface area contributed by atoms with Gasteiger partial charge in [-0.1, -0.05) is 12.1 Å². The zero-order valence-electron chi connectivity index (χ0n) is 12.0. The van der Waals surface area contributed by atoms with Crippen molar-refractivity contribution < 1.29 is 22.0 Å². The van der Waals surface area contributed by atoms with Crippen LogP contribution in [0.4, 0.5) is 14.7 Å². The molecule has 1 amide bonds. The molecule has 0 aliphatic rings. The number of alkyl halides is 2. The lowest BCUT2D eigenvalue weighted by molar-refractivity contribution is 0.102. The van der Waals surface area contributed by atoms with Crippen LogP contribution < -0.4 is 5.32 Å². The van der Waals surface area contributed by atoms with E-state index in [1.807, 2.05) is 6.07 Å². The van der Waals surface area contributed by atoms with Crippen LogP contribution in [0.5, 0.6) is 0 Å². The van der Waals surface area contributed by atoms with Crippen molar-refractivity contribution in [1.29, 1.82) is 0 Å². The van der Waals surface area contributed by atoms with Gasteiger partial charge < -0.3 is 4.98 Å². The number of imidazole rings is 1. The molecule has 0 aliphatic heterocycles. The summed E-state index contributed by atoms with van der Waals surface area (Å²) in [4.78, 5) is 18.7. The Morgan fingerprint density at radius 2 is 1.75 bits per heavy atom. The lowest BCUT2D eigenvalue weighted by Gasteiger charge is -2.05. The summed E-state index contributed by atoms with van der Waals surface area (Å²) in [6, 6.07) is 11.4. The number of anilines is 1. The number of rotatable bonds is 4. The number of carbonyl (C=O) groups is 1. The van der Waals surface area contributed by atoms with E-state index in [1.165, 1.54) is 0 Å². The number of hydrogen-bond acceptors (Lipinski definition) is 4. The number of sulfone groups is 1. The third kappa shape index (κ3) is 2.98. The average molecular weight is 351 g/mol. The van der Waals surface area contributed by atoms with E-state index < -0.39 is 26.4 Å². The Bertz CT molecular complexity index is 965. The zero-order valence-corrected chi connectivity index (χ0v) is 12.8. The van der Waals surface area contributed by atoms with Crippen LogP contribution in [-0.4, -0.2) is 30.1 Å². The van der Waals surface area contributed by atoms with Crippen molar-refractivity contribution in [2.24, 2.45) is 0 Å². The largest absolute Gasteiger partial charge is 0.341 e. The lowest BCUT2D eigenvalue weighted by Crippen LogP contribution is -2.14. The fourth-order valence-electron chi connectivity index (χ4n) is 2.09. The monoisotopic (exact) mass is 351 g/mol. The summed E-state index contributed by atoms with van der Waals surface area (Å²) in [5, 5.41) is 2.53. The quantitative estimate of drug-likeness (QED) is 0.756. The molecular weight excluding hydrogens is 340 g/mol. The number of nitrogens with one attached hydrogen (secondary N) is 2. The van der Waals surface area contributed by atoms with Gasteiger partial charge in [0.1, 0.15) is 0 Å². The van der Waals surface area contributed by atoms with E-state index in [-0.39, 0.29) is 11.5 Å². The normalized spacial score (nSPS) is 11.8. The Labute approximate surface area is 135 Å². The van der Waals surface area contributed by atoms with Crippen molar-refractivity contribution >= 4 is 32.7 Å². The number of carbonyl (C=O) groups excluding carboxylic acids is 1. The van der Waals surface area contributed by atoms with E-state index in [9.17, 15) is 22.0 Å². The number of amides is 1. The van der Waals surface area contributed by atoms with Crippen LogP contribution in [0.1, 0.15) is 10.4 Å². The minimum Gasteiger partial charge on any atom is -0.324 e. The molecule has 9 heteroatoms. The summed E-state index contributed by atoms with van der Waals surface area (Å²) in [6.45, 7) is 0. The number of benzene rings is 2. The number of aromatic amines is 1. The molecule has 6 nitrogen and oxygen atoms in total. The summed E-state index contributed by atoms with van der Waals surface area (Å²) in [5.41, 5.74) is 1.53. The van der Waals surface area contributed by atoms with Crippen LogP contribution in [0.3, 0.4) is 0 Å². The summed E-state index contributed by atoms with van der Waals surface area (Å²) in [5.74, 6) is -3.83. The van der Waals surface area contributed by atoms with Gasteiger partial charge in [-0.2, -0.15) is 8.78 Å². The van der Waals surface area contributed by atoms with E-state index in [0.29, 0.717) is 5.52 Å². The smallest absolute Gasteiger partial charge is 0.324 e. The maximum Gasteiger partial charge on any atom is 0.341 e. The molecule has 0 bridgehead atoms. The van der Waals surface area contributed by atoms with Crippen LogP contribution in [0.25, 0.3) is 11.0 Å². The minimum absolute atomic E-state index is 0.115. The first-order valence-electron chi connectivity index (χ1n) is 6.76. The fourth-order valence-corrected chi connectivity index (χ4v) is 2.81. The van der Waals surface area contributed by atoms with Gasteiger partial charge in [-0.3, -0.25) is 10.1 Å². The second kappa shape index (κ2) is 6.00. The van der Waals surface area contributed by atoms with Gasteiger partial charge >= 0.3 is 5.76 Å². The highest BCUT2D eigenvalue weighted by Gasteiger charge is 2.26. The van der Waals surface area contributed by atoms with Crippen molar-refractivity contribution in [3.63, 3.8) is 0 Å². The average Bonchev–Trinajstić information content (AvgIpc) is 2.97. The molecular formula is C15H11F2N3O3S. The first-order valence-corrected chi connectivity index (χ1v) is 8.31. The Balaban J connectivity index is 1.80. The molecule has 0 saturated heterocycles. The molecule has 0 radical (unpaired) electrons. The molecule has 124 valence electrons. The number of para-hydroxylation sites is 2. The van der Waals surface area contributed by atoms with Gasteiger partial charge in [-0.15, -0.1) is 0 Å². The van der Waals surface area contributed by atoms with Crippen LogP contribution in [-0.2, 0) is 9.84 Å². The van der Waals surface area contributed by atoms with Crippen molar-refractivity contribution in [3.05, 3.63) is 54.1 Å². The van der Waals surface area contributed by atoms with Gasteiger partial charge in [0, 0.05) is 5.56 Å². The summed E-state index contributed by atoms with van der Waals surface area (Å²) >= 11 is 0. The minimum atomic E-state index is -4.68. The van der Waals surface area contributed by atoms with Gasteiger partial charge in [0.2, 0.25) is 15.8 Å². The van der Waals surface area contributed by atoms with Crippen molar-refractivity contribution in [2.75, 3.05) is 5.32 Å². The Kier molecular flexibility index (Phi) is 4.02. The van der Waals surface area contributed by atoms with Crippen LogP contribution in [0.15, 0.2) is 53.4 Å². The van der Waals surface area contributed by atoms with E-state index >= 15 is 0 Å². The molecule has 0 unspecified atom stereocenters. The fraction of sp³-hybridized carbons (Fsp3) is 0.0667. The zero-order chi connectivity index (χ0) is 17.3. The highest BCUT2D eigenvalue weighted by Crippen LogP contribution is 2.19. The van der Waals surface area contributed by atoms with Gasteiger partial charge in [0.15, 0.2) is 0 Å². The Morgan fingerprint density at radius 1 is 1.08 bits per heavy atom. The van der Waals surface area contributed by atoms with Crippen molar-refractivity contribution in [3.8, 4) is 0 Å². The number of halogens is 2. The van der Waals surface area contributed by atoms with E-state index in [4.69, 9.17) is 0 Å². The third-order valence-electron chi connectivity index (χ3n) is 3.30. The summed E-state index contributed by atoms with van der Waals surface area (Å²) in [7, 11) is -4.68. The molecule has 0 fully saturated rings. The highest BCUT2D eigenvalue weighted by molar-refractivity contribution is 7.91. The Morgan fingerprint density at radius 3 is 2.38 bits per heavy atom. The summed E-state index contributed by atoms with van der Waals surface area (Å²) < 4.78 is 47.6. The SMILES string of the molecule is O=C(Nc1nc2ccccc2[nH]1)c1ccc(S(=O)(=O)C(F)F)cc1. The predicted molar refractivity (Wildman–Crippen MR) is 83.7 cm³/mol. The number of hydrogen-bond donors (Lipinski definition) is 2. The molecule has 2 N–H and O–H groups in total. The van der Waals surface area contributed by atoms with E-state index in [0.717, 1.165) is 29.8 Å². The second-order valence-corrected chi connectivity index (χ2v) is 6.80. The molecule has 1 aromatic heterocycles. The standard InChI is InChI=1S/C15H11F2N3O3S/c16-14(17)24(22,23)10-7-5-9(6-8-10)13(21)20-15-18-11-3-1-2-4-12(11)19-15/h1-8,14H,(H2,18,19,20,21). The summed E-state index contributed by atoms with van der Waals surface area (Å²) in [6.07, 6.45) is 0. The van der Waals surface area contributed by atoms with E-state index in [2.05, 4.69) is 15.3 Å². The molecule has 0 saturated carbocycles. The number of H-pyrrole nitrogens is 1. The maximum absolute atomic E-state index is 12.5. The predicted octanol–water partition coefficient (Wildman–Crippen LogP) is 2.81. The molecule has 2 aromatic carbocycles. The number of nitrogens with zero attached hydrogens (tertiary/aromatic N) is 1. The van der Waals surface area contributed by atoms with Gasteiger partial charge in [0.05, 0.1) is 15.9 Å². The second-order valence-electron chi connectivity index (χ2n) is 4.89. The topological polar surface area (TPSA) is 91.9 Å². The van der Waals surface area contributed by atoms with Gasteiger partial charge in [-0.25, -0.2) is 13.4 Å². The van der Waals surface area contributed by atoms with Crippen LogP contribution in [0, 0.1) is 0 Å². The van der Waals surface area contributed by atoms with Crippen molar-refractivity contribution in [2.45, 2.75) is 10.7 Å². The molecule has 3 aromatic rings. The number of fused-ring (bicyclic) bond motifs is 1. The first kappa shape index (κ1) is 16.1. The molecule has 0 atom stereocenters. The van der Waals surface area contributed by atoms with Crippen LogP contribution >= 0.6 is 0 Å².